The summed E-state index contributed by atoms with van der Waals surface area (Å²) in [6.45, 7) is 4.55. The number of Topliss-reactive ketones (excluding diaryl/α,β-unsaturated/α-hetero) is 1. The largest absolute Gasteiger partial charge is 0.332 e. The number of oxime groups is 1. The number of ketones is 2. The van der Waals surface area contributed by atoms with Crippen molar-refractivity contribution in [1.29, 1.82) is 0 Å². The van der Waals surface area contributed by atoms with Gasteiger partial charge < -0.3 is 4.84 Å². The minimum absolute atomic E-state index is 0.0391. The standard InChI is InChI=1S/C31H24N2O6S/c1-19-7-4-5-8-26(19)30(35)22-11-15-24(16-12-22)40-25-17-13-23(14-18-25)31(36)29(32-39-21(3)34)27-9-6-10-28(20(27)2)33(37)38/h4-18H,1-3H3/b32-29-. The van der Waals surface area contributed by atoms with Crippen LogP contribution in [0.2, 0.25) is 0 Å². The minimum Gasteiger partial charge on any atom is -0.318 e. The van der Waals surface area contributed by atoms with Gasteiger partial charge in [0.25, 0.3) is 5.69 Å². The molecule has 0 bridgehead atoms. The van der Waals surface area contributed by atoms with Gasteiger partial charge in [-0.3, -0.25) is 19.7 Å². The molecule has 0 aliphatic heterocycles. The van der Waals surface area contributed by atoms with Gasteiger partial charge in [-0.1, -0.05) is 53.3 Å². The molecule has 0 saturated heterocycles. The summed E-state index contributed by atoms with van der Waals surface area (Å²) in [7, 11) is 0. The van der Waals surface area contributed by atoms with Crippen LogP contribution in [-0.2, 0) is 9.63 Å². The first-order valence-corrected chi connectivity index (χ1v) is 13.0. The van der Waals surface area contributed by atoms with Gasteiger partial charge in [0.15, 0.2) is 11.5 Å². The first-order valence-electron chi connectivity index (χ1n) is 12.2. The third kappa shape index (κ3) is 6.39. The number of hydrogen-bond donors (Lipinski definition) is 0. The monoisotopic (exact) mass is 552 g/mol. The van der Waals surface area contributed by atoms with E-state index in [2.05, 4.69) is 5.16 Å². The quantitative estimate of drug-likeness (QED) is 0.0742. The summed E-state index contributed by atoms with van der Waals surface area (Å²) in [6.07, 6.45) is 0. The number of nitrogens with zero attached hydrogens (tertiary/aromatic N) is 2. The molecule has 0 saturated carbocycles. The molecule has 9 heteroatoms. The summed E-state index contributed by atoms with van der Waals surface area (Å²) in [4.78, 5) is 55.0. The predicted octanol–water partition coefficient (Wildman–Crippen LogP) is 6.74. The zero-order valence-corrected chi connectivity index (χ0v) is 22.7. The first kappa shape index (κ1) is 28.1. The smallest absolute Gasteiger partial charge is 0.318 e. The van der Waals surface area contributed by atoms with Crippen molar-refractivity contribution in [1.82, 2.24) is 0 Å². The van der Waals surface area contributed by atoms with Crippen LogP contribution in [0, 0.1) is 24.0 Å². The molecular weight excluding hydrogens is 528 g/mol. The van der Waals surface area contributed by atoms with Crippen LogP contribution in [0.5, 0.6) is 0 Å². The molecule has 0 atom stereocenters. The van der Waals surface area contributed by atoms with Gasteiger partial charge in [0.1, 0.15) is 0 Å². The maximum absolute atomic E-state index is 13.4. The Kier molecular flexibility index (Phi) is 8.66. The maximum Gasteiger partial charge on any atom is 0.332 e. The zero-order valence-electron chi connectivity index (χ0n) is 21.9. The Labute approximate surface area is 234 Å². The number of nitro benzene ring substituents is 1. The Balaban J connectivity index is 1.54. The number of carbonyl (C=O) groups is 3. The molecule has 200 valence electrons. The van der Waals surface area contributed by atoms with Crippen LogP contribution >= 0.6 is 11.8 Å². The Morgan fingerprint density at radius 3 is 1.93 bits per heavy atom. The van der Waals surface area contributed by atoms with Gasteiger partial charge in [-0.15, -0.1) is 0 Å². The zero-order chi connectivity index (χ0) is 28.8. The summed E-state index contributed by atoms with van der Waals surface area (Å²) in [6, 6.07) is 25.8. The van der Waals surface area contributed by atoms with Gasteiger partial charge in [0, 0.05) is 50.6 Å². The Morgan fingerprint density at radius 2 is 1.35 bits per heavy atom. The molecule has 0 unspecified atom stereocenters. The summed E-state index contributed by atoms with van der Waals surface area (Å²) < 4.78 is 0. The van der Waals surface area contributed by atoms with Crippen LogP contribution in [0.15, 0.2) is 106 Å². The van der Waals surface area contributed by atoms with Gasteiger partial charge in [0.2, 0.25) is 5.78 Å². The molecule has 0 aliphatic carbocycles. The fourth-order valence-corrected chi connectivity index (χ4v) is 4.82. The molecule has 8 nitrogen and oxygen atoms in total. The Bertz CT molecular complexity index is 1640. The van der Waals surface area contributed by atoms with E-state index in [4.69, 9.17) is 4.84 Å². The topological polar surface area (TPSA) is 116 Å². The van der Waals surface area contributed by atoms with E-state index in [1.165, 1.54) is 36.9 Å². The molecular formula is C31H24N2O6S. The molecule has 4 rings (SSSR count). The summed E-state index contributed by atoms with van der Waals surface area (Å²) in [5, 5.41) is 15.1. The highest BCUT2D eigenvalue weighted by atomic mass is 32.2. The molecule has 0 fully saturated rings. The van der Waals surface area contributed by atoms with Gasteiger partial charge in [0.05, 0.1) is 4.92 Å². The van der Waals surface area contributed by atoms with E-state index in [0.717, 1.165) is 22.3 Å². The van der Waals surface area contributed by atoms with Crippen molar-refractivity contribution in [2.24, 2.45) is 5.16 Å². The van der Waals surface area contributed by atoms with Crippen molar-refractivity contribution in [2.45, 2.75) is 30.6 Å². The highest BCUT2D eigenvalue weighted by molar-refractivity contribution is 7.99. The molecule has 0 aromatic heterocycles. The number of hydrogen-bond acceptors (Lipinski definition) is 8. The van der Waals surface area contributed by atoms with E-state index in [1.807, 2.05) is 43.3 Å². The highest BCUT2D eigenvalue weighted by Gasteiger charge is 2.24. The molecule has 4 aromatic rings. The minimum atomic E-state index is -0.730. The van der Waals surface area contributed by atoms with Crippen LogP contribution in [0.25, 0.3) is 0 Å². The molecule has 0 amide bonds. The van der Waals surface area contributed by atoms with E-state index >= 15 is 0 Å². The lowest BCUT2D eigenvalue weighted by Crippen LogP contribution is -2.18. The summed E-state index contributed by atoms with van der Waals surface area (Å²) in [5.41, 5.74) is 2.46. The van der Waals surface area contributed by atoms with Crippen molar-refractivity contribution in [3.05, 3.63) is 134 Å². The first-order chi connectivity index (χ1) is 19.2. The average molecular weight is 553 g/mol. The van der Waals surface area contributed by atoms with Crippen molar-refractivity contribution in [3.63, 3.8) is 0 Å². The van der Waals surface area contributed by atoms with E-state index in [9.17, 15) is 24.5 Å². The van der Waals surface area contributed by atoms with Gasteiger partial charge in [-0.05, 0) is 67.9 Å². The normalized spacial score (nSPS) is 11.1. The molecule has 40 heavy (non-hydrogen) atoms. The third-order valence-electron chi connectivity index (χ3n) is 6.10. The van der Waals surface area contributed by atoms with Crippen molar-refractivity contribution in [2.75, 3.05) is 0 Å². The number of carbonyl (C=O) groups excluding carboxylic acids is 3. The van der Waals surface area contributed by atoms with E-state index in [1.54, 1.807) is 36.4 Å². The second kappa shape index (κ2) is 12.3. The van der Waals surface area contributed by atoms with Gasteiger partial charge in [-0.2, -0.15) is 0 Å². The number of nitro groups is 1. The van der Waals surface area contributed by atoms with Gasteiger partial charge >= 0.3 is 5.97 Å². The van der Waals surface area contributed by atoms with Crippen molar-refractivity contribution in [3.8, 4) is 0 Å². The fourth-order valence-electron chi connectivity index (χ4n) is 4.01. The molecule has 0 N–H and O–H groups in total. The molecule has 0 aliphatic rings. The number of aryl methyl sites for hydroxylation is 1. The lowest BCUT2D eigenvalue weighted by atomic mass is 9.96. The Hall–Kier alpha value is -4.89. The summed E-state index contributed by atoms with van der Waals surface area (Å²) in [5.74, 6) is -1.32. The van der Waals surface area contributed by atoms with Crippen LogP contribution in [0.4, 0.5) is 5.69 Å². The van der Waals surface area contributed by atoms with E-state index in [-0.39, 0.29) is 33.9 Å². The molecule has 0 spiro atoms. The second-order valence-electron chi connectivity index (χ2n) is 8.85. The SMILES string of the molecule is CC(=O)O/N=C(\C(=O)c1ccc(Sc2ccc(C(=O)c3ccccc3C)cc2)cc1)c1cccc([N+](=O)[O-])c1C. The van der Waals surface area contributed by atoms with Crippen LogP contribution in [-0.4, -0.2) is 28.2 Å². The number of benzene rings is 4. The summed E-state index contributed by atoms with van der Waals surface area (Å²) >= 11 is 1.46. The van der Waals surface area contributed by atoms with E-state index in [0.29, 0.717) is 11.1 Å². The van der Waals surface area contributed by atoms with Crippen molar-refractivity contribution < 1.29 is 24.1 Å². The average Bonchev–Trinajstić information content (AvgIpc) is 2.94. The molecule has 0 radical (unpaired) electrons. The van der Waals surface area contributed by atoms with Gasteiger partial charge in [-0.25, -0.2) is 4.79 Å². The number of rotatable bonds is 9. The van der Waals surface area contributed by atoms with Crippen LogP contribution in [0.3, 0.4) is 0 Å². The second-order valence-corrected chi connectivity index (χ2v) is 10.0. The predicted molar refractivity (Wildman–Crippen MR) is 152 cm³/mol. The lowest BCUT2D eigenvalue weighted by Gasteiger charge is -2.10. The maximum atomic E-state index is 13.4. The van der Waals surface area contributed by atoms with Crippen LogP contribution in [0.1, 0.15) is 49.9 Å². The van der Waals surface area contributed by atoms with E-state index < -0.39 is 16.7 Å². The molecule has 4 aromatic carbocycles. The third-order valence-corrected chi connectivity index (χ3v) is 7.11. The fraction of sp³-hybridized carbons (Fsp3) is 0.0968. The van der Waals surface area contributed by atoms with Crippen LogP contribution < -0.4 is 0 Å². The lowest BCUT2D eigenvalue weighted by molar-refractivity contribution is -0.385. The van der Waals surface area contributed by atoms with Crippen molar-refractivity contribution >= 4 is 40.7 Å². The molecule has 0 heterocycles. The Morgan fingerprint density at radius 1 is 0.775 bits per heavy atom. The highest BCUT2D eigenvalue weighted by Crippen LogP contribution is 2.29.